The van der Waals surface area contributed by atoms with Gasteiger partial charge in [-0.05, 0) is 18.2 Å². The van der Waals surface area contributed by atoms with Crippen LogP contribution in [0.4, 0.5) is 11.4 Å². The van der Waals surface area contributed by atoms with E-state index in [4.69, 9.17) is 5.73 Å². The first-order chi connectivity index (χ1) is 9.41. The predicted molar refractivity (Wildman–Crippen MR) is 75.4 cm³/mol. The molecule has 0 spiro atoms. The van der Waals surface area contributed by atoms with Gasteiger partial charge in [-0.25, -0.2) is 17.7 Å². The van der Waals surface area contributed by atoms with Gasteiger partial charge in [-0.1, -0.05) is 0 Å². The summed E-state index contributed by atoms with van der Waals surface area (Å²) in [6, 6.07) is 4.56. The largest absolute Gasteiger partial charge is 0.397 e. The lowest BCUT2D eigenvalue weighted by Gasteiger charge is -2.13. The molecule has 2 aromatic rings. The summed E-state index contributed by atoms with van der Waals surface area (Å²) in [6.07, 6.45) is 1.41. The Hall–Kier alpha value is -2.13. The molecule has 2 rings (SSSR count). The highest BCUT2D eigenvalue weighted by molar-refractivity contribution is 7.89. The number of benzene rings is 1. The number of anilines is 2. The van der Waals surface area contributed by atoms with Gasteiger partial charge in [0.2, 0.25) is 10.0 Å². The monoisotopic (exact) mass is 296 g/mol. The second-order valence-corrected chi connectivity index (χ2v) is 6.47. The molecule has 0 bridgehead atoms. The van der Waals surface area contributed by atoms with Crippen molar-refractivity contribution >= 4 is 21.4 Å². The maximum atomic E-state index is 12.0. The Morgan fingerprint density at radius 2 is 2.15 bits per heavy atom. The molecule has 4 N–H and O–H groups in total. The summed E-state index contributed by atoms with van der Waals surface area (Å²) in [5, 5.41) is 9.50. The Balaban J connectivity index is 2.18. The number of nitrogen functional groups attached to an aromatic ring is 1. The summed E-state index contributed by atoms with van der Waals surface area (Å²) in [5.74, 6) is 0.661. The third kappa shape index (κ3) is 2.89. The van der Waals surface area contributed by atoms with Crippen LogP contribution in [0.15, 0.2) is 29.4 Å². The number of hydrogen-bond acceptors (Lipinski definition) is 6. The van der Waals surface area contributed by atoms with Gasteiger partial charge >= 0.3 is 0 Å². The van der Waals surface area contributed by atoms with Crippen molar-refractivity contribution in [1.82, 2.24) is 19.5 Å². The first-order valence-corrected chi connectivity index (χ1v) is 7.25. The maximum Gasteiger partial charge on any atom is 0.242 e. The van der Waals surface area contributed by atoms with E-state index in [0.29, 0.717) is 23.7 Å². The van der Waals surface area contributed by atoms with Crippen LogP contribution in [-0.4, -0.2) is 42.0 Å². The summed E-state index contributed by atoms with van der Waals surface area (Å²) in [5.41, 5.74) is 6.86. The summed E-state index contributed by atoms with van der Waals surface area (Å²) < 4.78 is 25.1. The first kappa shape index (κ1) is 14.3. The fourth-order valence-electron chi connectivity index (χ4n) is 1.57. The van der Waals surface area contributed by atoms with Gasteiger partial charge in [0.1, 0.15) is 12.2 Å². The van der Waals surface area contributed by atoms with Crippen LogP contribution in [0, 0.1) is 0 Å². The molecule has 108 valence electrons. The van der Waals surface area contributed by atoms with Crippen LogP contribution in [0.3, 0.4) is 0 Å². The molecule has 0 unspecified atom stereocenters. The van der Waals surface area contributed by atoms with Gasteiger partial charge in [0.25, 0.3) is 0 Å². The number of sulfonamides is 1. The third-order valence-electron chi connectivity index (χ3n) is 2.71. The molecule has 0 saturated carbocycles. The fraction of sp³-hybridized carbons (Fsp3) is 0.273. The lowest BCUT2D eigenvalue weighted by Crippen LogP contribution is -2.22. The van der Waals surface area contributed by atoms with E-state index in [-0.39, 0.29) is 4.90 Å². The maximum absolute atomic E-state index is 12.0. The minimum Gasteiger partial charge on any atom is -0.397 e. The van der Waals surface area contributed by atoms with Gasteiger partial charge < -0.3 is 11.1 Å². The molecule has 0 saturated heterocycles. The van der Waals surface area contributed by atoms with E-state index in [1.54, 1.807) is 6.07 Å². The number of nitrogens with two attached hydrogens (primary N) is 1. The van der Waals surface area contributed by atoms with Crippen LogP contribution in [0.25, 0.3) is 0 Å². The quantitative estimate of drug-likeness (QED) is 0.681. The molecule has 9 heteroatoms. The minimum atomic E-state index is -3.48. The van der Waals surface area contributed by atoms with E-state index in [1.807, 2.05) is 0 Å². The predicted octanol–water partition coefficient (Wildman–Crippen LogP) is 0.249. The lowest BCUT2D eigenvalue weighted by atomic mass is 10.2. The van der Waals surface area contributed by atoms with Gasteiger partial charge in [0, 0.05) is 14.1 Å². The van der Waals surface area contributed by atoms with Crippen LogP contribution in [0.5, 0.6) is 0 Å². The average molecular weight is 296 g/mol. The second kappa shape index (κ2) is 5.47. The van der Waals surface area contributed by atoms with Crippen molar-refractivity contribution in [1.29, 1.82) is 0 Å². The molecular formula is C11H16N6O2S. The Kier molecular flexibility index (Phi) is 3.91. The van der Waals surface area contributed by atoms with Crippen LogP contribution in [0.2, 0.25) is 0 Å². The molecule has 0 aliphatic carbocycles. The Bertz CT molecular complexity index is 681. The van der Waals surface area contributed by atoms with E-state index in [2.05, 4.69) is 20.5 Å². The molecule has 0 fully saturated rings. The zero-order chi connectivity index (χ0) is 14.8. The van der Waals surface area contributed by atoms with E-state index in [1.165, 1.54) is 32.6 Å². The average Bonchev–Trinajstić information content (AvgIpc) is 2.90. The molecule has 0 aliphatic heterocycles. The molecule has 0 atom stereocenters. The van der Waals surface area contributed by atoms with Crippen molar-refractivity contribution in [3.8, 4) is 0 Å². The highest BCUT2D eigenvalue weighted by Gasteiger charge is 2.18. The van der Waals surface area contributed by atoms with Crippen molar-refractivity contribution < 1.29 is 8.42 Å². The van der Waals surface area contributed by atoms with E-state index >= 15 is 0 Å². The van der Waals surface area contributed by atoms with Gasteiger partial charge in [-0.3, -0.25) is 5.10 Å². The van der Waals surface area contributed by atoms with Gasteiger partial charge in [-0.2, -0.15) is 5.10 Å². The number of rotatable bonds is 5. The van der Waals surface area contributed by atoms with Gasteiger partial charge in [-0.15, -0.1) is 0 Å². The van der Waals surface area contributed by atoms with E-state index in [0.717, 1.165) is 4.31 Å². The summed E-state index contributed by atoms with van der Waals surface area (Å²) in [4.78, 5) is 4.13. The normalized spacial score (nSPS) is 11.8. The first-order valence-electron chi connectivity index (χ1n) is 5.81. The Labute approximate surface area is 117 Å². The van der Waals surface area contributed by atoms with Crippen molar-refractivity contribution in [2.24, 2.45) is 0 Å². The lowest BCUT2D eigenvalue weighted by molar-refractivity contribution is 0.521. The van der Waals surface area contributed by atoms with Crippen LogP contribution in [0.1, 0.15) is 5.82 Å². The van der Waals surface area contributed by atoms with E-state index in [9.17, 15) is 8.42 Å². The number of hydrogen-bond donors (Lipinski definition) is 3. The highest BCUT2D eigenvalue weighted by atomic mass is 32.2. The topological polar surface area (TPSA) is 117 Å². The number of aromatic amines is 1. The van der Waals surface area contributed by atoms with Crippen molar-refractivity contribution in [3.63, 3.8) is 0 Å². The van der Waals surface area contributed by atoms with Crippen molar-refractivity contribution in [2.45, 2.75) is 11.4 Å². The van der Waals surface area contributed by atoms with Crippen molar-refractivity contribution in [3.05, 3.63) is 30.4 Å². The summed E-state index contributed by atoms with van der Waals surface area (Å²) >= 11 is 0. The minimum absolute atomic E-state index is 0.158. The Morgan fingerprint density at radius 3 is 2.70 bits per heavy atom. The number of nitrogens with zero attached hydrogens (tertiary/aromatic N) is 3. The summed E-state index contributed by atoms with van der Waals surface area (Å²) in [7, 11) is -0.530. The van der Waals surface area contributed by atoms with Crippen LogP contribution >= 0.6 is 0 Å². The standard InChI is InChI=1S/C11H16N6O2S/c1-17(2)20(18,19)8-3-4-10(9(12)5-8)13-6-11-14-7-15-16-11/h3-5,7,13H,6,12H2,1-2H3,(H,14,15,16). The molecule has 20 heavy (non-hydrogen) atoms. The molecule has 0 radical (unpaired) electrons. The smallest absolute Gasteiger partial charge is 0.242 e. The zero-order valence-electron chi connectivity index (χ0n) is 11.2. The third-order valence-corrected chi connectivity index (χ3v) is 4.52. The Morgan fingerprint density at radius 1 is 1.40 bits per heavy atom. The highest BCUT2D eigenvalue weighted by Crippen LogP contribution is 2.24. The fourth-order valence-corrected chi connectivity index (χ4v) is 2.51. The SMILES string of the molecule is CN(C)S(=O)(=O)c1ccc(NCc2ncn[nH]2)c(N)c1. The molecule has 0 aliphatic rings. The van der Waals surface area contributed by atoms with Crippen molar-refractivity contribution in [2.75, 3.05) is 25.1 Å². The number of nitrogens with one attached hydrogen (secondary N) is 2. The zero-order valence-corrected chi connectivity index (χ0v) is 12.0. The summed E-state index contributed by atoms with van der Waals surface area (Å²) in [6.45, 7) is 0.421. The van der Waals surface area contributed by atoms with Crippen LogP contribution in [-0.2, 0) is 16.6 Å². The second-order valence-electron chi connectivity index (χ2n) is 4.32. The van der Waals surface area contributed by atoms with E-state index < -0.39 is 10.0 Å². The molecule has 1 heterocycles. The number of H-pyrrole nitrogens is 1. The molecular weight excluding hydrogens is 280 g/mol. The van der Waals surface area contributed by atoms with Gasteiger partial charge in [0.15, 0.2) is 0 Å². The molecule has 0 amide bonds. The van der Waals surface area contributed by atoms with Crippen LogP contribution < -0.4 is 11.1 Å². The molecule has 1 aromatic carbocycles. The molecule has 1 aromatic heterocycles. The molecule has 8 nitrogen and oxygen atoms in total. The number of aromatic nitrogens is 3. The van der Waals surface area contributed by atoms with Gasteiger partial charge in [0.05, 0.1) is 22.8 Å².